The monoisotopic (exact) mass is 774 g/mol. The second-order valence-corrected chi connectivity index (χ2v) is 19.2. The minimum Gasteiger partial charge on any atom is -0.378 e. The van der Waals surface area contributed by atoms with E-state index in [2.05, 4.69) is 50.7 Å². The number of rotatable bonds is 16. The smallest absolute Gasteiger partial charge is 0.378 e. The zero-order chi connectivity index (χ0) is 35.9. The number of fused-ring (bicyclic) bond motifs is 1. The first-order valence-corrected chi connectivity index (χ1v) is 20.0. The molecule has 2 aromatic heterocycles. The van der Waals surface area contributed by atoms with Crippen molar-refractivity contribution in [1.29, 1.82) is 0 Å². The molecule has 0 amide bonds. The third-order valence-electron chi connectivity index (χ3n) is 7.72. The van der Waals surface area contributed by atoms with Gasteiger partial charge in [-0.1, -0.05) is 50.0 Å². The average Bonchev–Trinajstić information content (AvgIpc) is 3.00. The first kappa shape index (κ1) is 38.3. The maximum Gasteiger partial charge on any atom is 0.423 e. The van der Waals surface area contributed by atoms with Gasteiger partial charge in [0.1, 0.15) is 18.1 Å². The Bertz CT molecular complexity index is 1850. The zero-order valence-corrected chi connectivity index (χ0v) is 29.7. The number of nitrogens with zero attached hydrogens (tertiary/aromatic N) is 3. The lowest BCUT2D eigenvalue weighted by molar-refractivity contribution is -0.139. The number of benzene rings is 2. The Morgan fingerprint density at radius 3 is 2.41 bits per heavy atom. The van der Waals surface area contributed by atoms with E-state index >= 15 is 0 Å². The lowest BCUT2D eigenvalue weighted by Gasteiger charge is -2.23. The Labute approximate surface area is 288 Å². The van der Waals surface area contributed by atoms with Gasteiger partial charge in [-0.3, -0.25) is 9.59 Å². The number of alkyl halides is 5. The SMILES string of the molecule is C[Si](C)(C)CCOCn1ncc(NC(CCCn2c(Cc3ccccc3)cc3cc(Br)c(F)cc3c2=O)COC(F)F)c(C(F)(F)F)c1=O. The van der Waals surface area contributed by atoms with E-state index in [-0.39, 0.29) is 35.9 Å². The van der Waals surface area contributed by atoms with Gasteiger partial charge >= 0.3 is 12.8 Å². The Balaban J connectivity index is 1.59. The molecule has 1 unspecified atom stereocenters. The van der Waals surface area contributed by atoms with E-state index in [1.54, 1.807) is 6.07 Å². The molecule has 266 valence electrons. The number of halogens is 7. The lowest BCUT2D eigenvalue weighted by Crippen LogP contribution is -2.35. The van der Waals surface area contributed by atoms with E-state index in [1.807, 2.05) is 30.3 Å². The standard InChI is InChI=1S/C33H37BrF6N4O4Si/c1-49(2,3)13-12-47-20-44-31(46)29(33(38,39)40)28(18-41-44)42-23(19-48-32(36)37)10-7-11-43-24(14-21-8-5-4-6-9-21)15-22-16-26(34)27(35)17-25(22)30(43)45/h4-6,8-9,15-18,23,32,42H,7,10-14,19-20H2,1-3H3. The Morgan fingerprint density at radius 2 is 1.76 bits per heavy atom. The summed E-state index contributed by atoms with van der Waals surface area (Å²) < 4.78 is 95.2. The van der Waals surface area contributed by atoms with Crippen molar-refractivity contribution < 1.29 is 35.8 Å². The van der Waals surface area contributed by atoms with Crippen molar-refractivity contribution in [3.8, 4) is 0 Å². The van der Waals surface area contributed by atoms with E-state index < -0.39 is 68.4 Å². The zero-order valence-electron chi connectivity index (χ0n) is 27.1. The predicted molar refractivity (Wildman–Crippen MR) is 181 cm³/mol. The van der Waals surface area contributed by atoms with Gasteiger partial charge in [0.2, 0.25) is 0 Å². The van der Waals surface area contributed by atoms with Crippen molar-refractivity contribution in [2.75, 3.05) is 18.5 Å². The lowest BCUT2D eigenvalue weighted by atomic mass is 10.0. The maximum atomic E-state index is 14.4. The van der Waals surface area contributed by atoms with Gasteiger partial charge in [-0.2, -0.15) is 27.1 Å². The third kappa shape index (κ3) is 10.8. The van der Waals surface area contributed by atoms with E-state index in [0.717, 1.165) is 23.9 Å². The molecule has 0 aliphatic heterocycles. The highest BCUT2D eigenvalue weighted by Gasteiger charge is 2.39. The largest absolute Gasteiger partial charge is 0.423 e. The molecule has 49 heavy (non-hydrogen) atoms. The fourth-order valence-electron chi connectivity index (χ4n) is 5.19. The number of ether oxygens (including phenoxy) is 2. The highest BCUT2D eigenvalue weighted by molar-refractivity contribution is 9.10. The molecule has 2 aromatic carbocycles. The minimum atomic E-state index is -5.11. The molecule has 0 saturated carbocycles. The van der Waals surface area contributed by atoms with Crippen molar-refractivity contribution in [2.45, 2.75) is 77.1 Å². The Morgan fingerprint density at radius 1 is 1.04 bits per heavy atom. The molecule has 0 spiro atoms. The topological polar surface area (TPSA) is 87.4 Å². The molecule has 0 bridgehead atoms. The number of hydrogen-bond acceptors (Lipinski definition) is 6. The van der Waals surface area contributed by atoms with Gasteiger partial charge in [0.05, 0.1) is 28.4 Å². The molecule has 16 heteroatoms. The van der Waals surface area contributed by atoms with Crippen molar-refractivity contribution in [1.82, 2.24) is 14.3 Å². The van der Waals surface area contributed by atoms with Gasteiger partial charge in [-0.15, -0.1) is 0 Å². The van der Waals surface area contributed by atoms with Gasteiger partial charge in [0.25, 0.3) is 11.1 Å². The van der Waals surface area contributed by atoms with Crippen LogP contribution in [0, 0.1) is 5.82 Å². The van der Waals surface area contributed by atoms with Crippen LogP contribution in [0.2, 0.25) is 25.7 Å². The Hall–Kier alpha value is -3.47. The number of pyridine rings is 1. The summed E-state index contributed by atoms with van der Waals surface area (Å²) in [5.74, 6) is -0.630. The molecule has 4 aromatic rings. The number of hydrogen-bond donors (Lipinski definition) is 1. The van der Waals surface area contributed by atoms with Crippen LogP contribution in [-0.4, -0.2) is 48.3 Å². The molecule has 1 N–H and O–H groups in total. The Kier molecular flexibility index (Phi) is 12.9. The average molecular weight is 776 g/mol. The predicted octanol–water partition coefficient (Wildman–Crippen LogP) is 7.88. The summed E-state index contributed by atoms with van der Waals surface area (Å²) in [5, 5.41) is 6.99. The van der Waals surface area contributed by atoms with Crippen molar-refractivity contribution in [3.05, 3.63) is 103 Å². The fraction of sp³-hybridized carbons (Fsp3) is 0.424. The van der Waals surface area contributed by atoms with Crippen LogP contribution in [0.1, 0.15) is 29.7 Å². The molecular weight excluding hydrogens is 738 g/mol. The minimum absolute atomic E-state index is 0.0300. The van der Waals surface area contributed by atoms with Crippen LogP contribution < -0.4 is 16.4 Å². The van der Waals surface area contributed by atoms with Gasteiger partial charge in [0, 0.05) is 39.4 Å². The van der Waals surface area contributed by atoms with Gasteiger partial charge in [0.15, 0.2) is 0 Å². The van der Waals surface area contributed by atoms with E-state index in [0.29, 0.717) is 22.2 Å². The van der Waals surface area contributed by atoms with Crippen molar-refractivity contribution in [2.24, 2.45) is 0 Å². The molecule has 0 radical (unpaired) electrons. The van der Waals surface area contributed by atoms with E-state index in [4.69, 9.17) is 4.74 Å². The molecule has 0 saturated heterocycles. The number of nitrogens with one attached hydrogen (secondary N) is 1. The van der Waals surface area contributed by atoms with Gasteiger partial charge in [-0.25, -0.2) is 9.07 Å². The molecule has 0 fully saturated rings. The molecule has 2 heterocycles. The van der Waals surface area contributed by atoms with Crippen LogP contribution in [0.15, 0.2) is 68.8 Å². The molecular formula is C33H37BrF6N4O4Si. The van der Waals surface area contributed by atoms with E-state index in [9.17, 15) is 35.9 Å². The maximum absolute atomic E-state index is 14.4. The van der Waals surface area contributed by atoms with E-state index in [1.165, 1.54) is 10.6 Å². The summed E-state index contributed by atoms with van der Waals surface area (Å²) in [5.41, 5.74) is -2.71. The first-order valence-electron chi connectivity index (χ1n) is 15.5. The third-order valence-corrected chi connectivity index (χ3v) is 10.0. The summed E-state index contributed by atoms with van der Waals surface area (Å²) >= 11 is 3.15. The van der Waals surface area contributed by atoms with Crippen LogP contribution in [0.5, 0.6) is 0 Å². The van der Waals surface area contributed by atoms with Crippen molar-refractivity contribution in [3.63, 3.8) is 0 Å². The summed E-state index contributed by atoms with van der Waals surface area (Å²) in [6.45, 7) is 2.17. The first-order chi connectivity index (χ1) is 23.0. The summed E-state index contributed by atoms with van der Waals surface area (Å²) in [6, 6.07) is 13.3. The normalized spacial score (nSPS) is 13.0. The molecule has 1 atom stereocenters. The van der Waals surface area contributed by atoms with Crippen LogP contribution in [0.4, 0.5) is 32.0 Å². The van der Waals surface area contributed by atoms with Crippen molar-refractivity contribution >= 4 is 40.5 Å². The summed E-state index contributed by atoms with van der Waals surface area (Å²) in [7, 11) is -1.49. The molecule has 8 nitrogen and oxygen atoms in total. The van der Waals surface area contributed by atoms with Crippen LogP contribution in [0.3, 0.4) is 0 Å². The molecule has 0 aliphatic carbocycles. The highest BCUT2D eigenvalue weighted by atomic mass is 79.9. The number of aromatic nitrogens is 3. The molecule has 4 rings (SSSR count). The van der Waals surface area contributed by atoms with Gasteiger partial charge in [-0.05, 0) is 64.0 Å². The quantitative estimate of drug-likeness (QED) is 0.0709. The summed E-state index contributed by atoms with van der Waals surface area (Å²) in [6.07, 6.45) is -3.88. The van der Waals surface area contributed by atoms with Gasteiger partial charge < -0.3 is 19.4 Å². The number of anilines is 1. The molecule has 0 aliphatic rings. The van der Waals surface area contributed by atoms with Crippen LogP contribution in [0.25, 0.3) is 10.8 Å². The summed E-state index contributed by atoms with van der Waals surface area (Å²) in [4.78, 5) is 26.5. The second-order valence-electron chi connectivity index (χ2n) is 12.8. The van der Waals surface area contributed by atoms with Crippen LogP contribution in [-0.2, 0) is 35.3 Å². The highest BCUT2D eigenvalue weighted by Crippen LogP contribution is 2.32. The van der Waals surface area contributed by atoms with Crippen LogP contribution >= 0.6 is 15.9 Å². The fourth-order valence-corrected chi connectivity index (χ4v) is 6.31. The second kappa shape index (κ2) is 16.5.